The highest BCUT2D eigenvalue weighted by Crippen LogP contribution is 2.19. The van der Waals surface area contributed by atoms with Gasteiger partial charge in [-0.2, -0.15) is 4.31 Å². The first-order valence-corrected chi connectivity index (χ1v) is 10.4. The molecular weight excluding hydrogens is 364 g/mol. The summed E-state index contributed by atoms with van der Waals surface area (Å²) in [6.45, 7) is 1.47. The van der Waals surface area contributed by atoms with Crippen molar-refractivity contribution in [2.45, 2.75) is 6.42 Å². The van der Waals surface area contributed by atoms with E-state index in [1.54, 1.807) is 23.4 Å². The third-order valence-corrected chi connectivity index (χ3v) is 5.84. The first-order valence-electron chi connectivity index (χ1n) is 7.63. The minimum atomic E-state index is -3.20. The zero-order chi connectivity index (χ0) is 17.9. The van der Waals surface area contributed by atoms with Crippen molar-refractivity contribution in [2.24, 2.45) is 0 Å². The number of sulfonamides is 1. The van der Waals surface area contributed by atoms with Crippen LogP contribution >= 0.6 is 11.3 Å². The van der Waals surface area contributed by atoms with Crippen molar-refractivity contribution in [3.8, 4) is 0 Å². The van der Waals surface area contributed by atoms with Gasteiger partial charge in [0.15, 0.2) is 5.13 Å². The summed E-state index contributed by atoms with van der Waals surface area (Å²) in [5.74, 6) is 0.396. The minimum Gasteiger partial charge on any atom is -0.340 e. The van der Waals surface area contributed by atoms with E-state index in [-0.39, 0.29) is 12.3 Å². The Hall–Kier alpha value is -2.11. The zero-order valence-corrected chi connectivity index (χ0v) is 15.3. The number of thiazole rings is 1. The quantitative estimate of drug-likeness (QED) is 0.793. The lowest BCUT2D eigenvalue weighted by atomic mass is 10.2. The third-order valence-electron chi connectivity index (χ3n) is 3.73. The number of anilines is 2. The van der Waals surface area contributed by atoms with Crippen molar-refractivity contribution >= 4 is 38.3 Å². The van der Waals surface area contributed by atoms with Gasteiger partial charge in [0, 0.05) is 44.0 Å². The molecule has 1 fully saturated rings. The Morgan fingerprint density at radius 1 is 1.24 bits per heavy atom. The molecule has 9 nitrogen and oxygen atoms in total. The van der Waals surface area contributed by atoms with Gasteiger partial charge in [0.05, 0.1) is 18.4 Å². The van der Waals surface area contributed by atoms with E-state index in [0.29, 0.717) is 43.0 Å². The smallest absolute Gasteiger partial charge is 0.228 e. The van der Waals surface area contributed by atoms with Crippen LogP contribution in [0.25, 0.3) is 0 Å². The summed E-state index contributed by atoms with van der Waals surface area (Å²) in [4.78, 5) is 26.5. The molecule has 0 spiro atoms. The standard InChI is InChI=1S/C14H18N6O3S2/c1-25(22,23)20-7-5-19(6-8-20)12(21)9-11-10-24-14(17-11)18-13-15-3-2-4-16-13/h2-4,10H,5-9H2,1H3,(H,15,16,17,18). The van der Waals surface area contributed by atoms with Gasteiger partial charge in [-0.25, -0.2) is 23.4 Å². The Morgan fingerprint density at radius 2 is 1.92 bits per heavy atom. The van der Waals surface area contributed by atoms with E-state index < -0.39 is 10.0 Å². The molecule has 0 saturated carbocycles. The lowest BCUT2D eigenvalue weighted by Crippen LogP contribution is -2.50. The number of piperazine rings is 1. The van der Waals surface area contributed by atoms with Gasteiger partial charge in [0.1, 0.15) is 0 Å². The monoisotopic (exact) mass is 382 g/mol. The maximum atomic E-state index is 12.4. The van der Waals surface area contributed by atoms with Gasteiger partial charge in [-0.05, 0) is 6.07 Å². The third kappa shape index (κ3) is 4.71. The normalized spacial score (nSPS) is 16.0. The second-order valence-electron chi connectivity index (χ2n) is 5.56. The van der Waals surface area contributed by atoms with E-state index in [4.69, 9.17) is 0 Å². The highest BCUT2D eigenvalue weighted by atomic mass is 32.2. The molecule has 2 aromatic rings. The number of hydrogen-bond acceptors (Lipinski definition) is 8. The number of hydrogen-bond donors (Lipinski definition) is 1. The average molecular weight is 382 g/mol. The van der Waals surface area contributed by atoms with Crippen molar-refractivity contribution in [3.05, 3.63) is 29.5 Å². The van der Waals surface area contributed by atoms with E-state index in [2.05, 4.69) is 20.3 Å². The Bertz CT molecular complexity index is 831. The topological polar surface area (TPSA) is 108 Å². The highest BCUT2D eigenvalue weighted by Gasteiger charge is 2.26. The predicted molar refractivity (Wildman–Crippen MR) is 94.1 cm³/mol. The summed E-state index contributed by atoms with van der Waals surface area (Å²) >= 11 is 1.38. The number of carbonyl (C=O) groups is 1. The summed E-state index contributed by atoms with van der Waals surface area (Å²) in [7, 11) is -3.20. The Kier molecular flexibility index (Phi) is 5.25. The largest absolute Gasteiger partial charge is 0.340 e. The summed E-state index contributed by atoms with van der Waals surface area (Å²) in [6.07, 6.45) is 4.63. The number of nitrogens with one attached hydrogen (secondary N) is 1. The van der Waals surface area contributed by atoms with Crippen molar-refractivity contribution < 1.29 is 13.2 Å². The molecule has 0 bridgehead atoms. The molecule has 1 saturated heterocycles. The van der Waals surface area contributed by atoms with Gasteiger partial charge in [-0.3, -0.25) is 4.79 Å². The molecule has 0 atom stereocenters. The number of aromatic nitrogens is 3. The summed E-state index contributed by atoms with van der Waals surface area (Å²) < 4.78 is 24.4. The summed E-state index contributed by atoms with van der Waals surface area (Å²) in [6, 6.07) is 1.72. The number of rotatable bonds is 5. The van der Waals surface area contributed by atoms with Crippen LogP contribution in [0.2, 0.25) is 0 Å². The fourth-order valence-electron chi connectivity index (χ4n) is 2.44. The van der Waals surface area contributed by atoms with Gasteiger partial charge in [0.2, 0.25) is 21.9 Å². The molecule has 0 aliphatic carbocycles. The molecule has 11 heteroatoms. The molecule has 3 heterocycles. The van der Waals surface area contributed by atoms with E-state index in [1.807, 2.05) is 5.38 Å². The molecule has 1 N–H and O–H groups in total. The lowest BCUT2D eigenvalue weighted by molar-refractivity contribution is -0.131. The van der Waals surface area contributed by atoms with Crippen LogP contribution < -0.4 is 5.32 Å². The van der Waals surface area contributed by atoms with E-state index in [1.165, 1.54) is 21.9 Å². The zero-order valence-electron chi connectivity index (χ0n) is 13.6. The summed E-state index contributed by atoms with van der Waals surface area (Å²) in [5.41, 5.74) is 0.666. The average Bonchev–Trinajstić information content (AvgIpc) is 3.02. The molecule has 3 rings (SSSR count). The molecule has 1 amide bonds. The van der Waals surface area contributed by atoms with Crippen LogP contribution in [-0.4, -0.2) is 70.9 Å². The van der Waals surface area contributed by atoms with Crippen LogP contribution in [-0.2, 0) is 21.2 Å². The highest BCUT2D eigenvalue weighted by molar-refractivity contribution is 7.88. The molecule has 134 valence electrons. The molecule has 2 aromatic heterocycles. The predicted octanol–water partition coefficient (Wildman–Crippen LogP) is 0.323. The molecular formula is C14H18N6O3S2. The van der Waals surface area contributed by atoms with E-state index in [9.17, 15) is 13.2 Å². The minimum absolute atomic E-state index is 0.0547. The SMILES string of the molecule is CS(=O)(=O)N1CCN(C(=O)Cc2csc(Nc3ncccn3)n2)CC1. The number of carbonyl (C=O) groups excluding carboxylic acids is 1. The van der Waals surface area contributed by atoms with Crippen LogP contribution in [0, 0.1) is 0 Å². The molecule has 1 aliphatic rings. The van der Waals surface area contributed by atoms with Crippen LogP contribution in [0.3, 0.4) is 0 Å². The van der Waals surface area contributed by atoms with Gasteiger partial charge in [-0.15, -0.1) is 11.3 Å². The van der Waals surface area contributed by atoms with Crippen molar-refractivity contribution in [1.82, 2.24) is 24.2 Å². The second kappa shape index (κ2) is 7.42. The van der Waals surface area contributed by atoms with Crippen LogP contribution in [0.15, 0.2) is 23.8 Å². The first-order chi connectivity index (χ1) is 11.9. The Balaban J connectivity index is 1.54. The second-order valence-corrected chi connectivity index (χ2v) is 8.40. The first kappa shape index (κ1) is 17.7. The molecule has 1 aliphatic heterocycles. The van der Waals surface area contributed by atoms with Gasteiger partial charge >= 0.3 is 0 Å². The van der Waals surface area contributed by atoms with Crippen molar-refractivity contribution in [3.63, 3.8) is 0 Å². The van der Waals surface area contributed by atoms with E-state index >= 15 is 0 Å². The molecule has 25 heavy (non-hydrogen) atoms. The van der Waals surface area contributed by atoms with Gasteiger partial charge in [-0.1, -0.05) is 0 Å². The van der Waals surface area contributed by atoms with Crippen LogP contribution in [0.1, 0.15) is 5.69 Å². The lowest BCUT2D eigenvalue weighted by Gasteiger charge is -2.33. The maximum Gasteiger partial charge on any atom is 0.228 e. The number of nitrogens with zero attached hydrogens (tertiary/aromatic N) is 5. The maximum absolute atomic E-state index is 12.4. The fourth-order valence-corrected chi connectivity index (χ4v) is 3.97. The summed E-state index contributed by atoms with van der Waals surface area (Å²) in [5, 5.41) is 5.42. The Morgan fingerprint density at radius 3 is 2.56 bits per heavy atom. The molecule has 0 unspecified atom stereocenters. The van der Waals surface area contributed by atoms with Crippen LogP contribution in [0.4, 0.5) is 11.1 Å². The van der Waals surface area contributed by atoms with Gasteiger partial charge < -0.3 is 10.2 Å². The molecule has 0 radical (unpaired) electrons. The number of amides is 1. The molecule has 0 aromatic carbocycles. The van der Waals surface area contributed by atoms with Crippen molar-refractivity contribution in [2.75, 3.05) is 37.8 Å². The van der Waals surface area contributed by atoms with Crippen LogP contribution in [0.5, 0.6) is 0 Å². The van der Waals surface area contributed by atoms with Crippen molar-refractivity contribution in [1.29, 1.82) is 0 Å². The Labute approximate surface area is 149 Å². The van der Waals surface area contributed by atoms with Gasteiger partial charge in [0.25, 0.3) is 0 Å². The van der Waals surface area contributed by atoms with E-state index in [0.717, 1.165) is 0 Å². The fraction of sp³-hybridized carbons (Fsp3) is 0.429.